The number of hydrogen-bond acceptors (Lipinski definition) is 8. The number of rotatable bonds is 6. The van der Waals surface area contributed by atoms with Crippen LogP contribution in [-0.4, -0.2) is 72.7 Å². The third-order valence-electron chi connectivity index (χ3n) is 5.97. The maximum absolute atomic E-state index is 13.2. The highest BCUT2D eigenvalue weighted by molar-refractivity contribution is 7.89. The lowest BCUT2D eigenvalue weighted by atomic mass is 10.1. The number of fused-ring (bicyclic) bond motifs is 1. The molecule has 1 aliphatic heterocycles. The summed E-state index contributed by atoms with van der Waals surface area (Å²) in [5.74, 6) is 2.43. The Bertz CT molecular complexity index is 1480. The van der Waals surface area contributed by atoms with Gasteiger partial charge in [0.05, 0.1) is 19.2 Å². The minimum Gasteiger partial charge on any atom is -0.493 e. The molecule has 2 aromatic carbocycles. The quantitative estimate of drug-likeness (QED) is 0.387. The highest BCUT2D eigenvalue weighted by Crippen LogP contribution is 2.37. The van der Waals surface area contributed by atoms with E-state index in [1.165, 1.54) is 16.7 Å². The lowest BCUT2D eigenvalue weighted by Crippen LogP contribution is -2.49. The van der Waals surface area contributed by atoms with E-state index < -0.39 is 10.0 Å². The Balaban J connectivity index is 1.50. The summed E-state index contributed by atoms with van der Waals surface area (Å²) in [7, 11) is -0.543. The minimum absolute atomic E-state index is 0.115. The zero-order valence-electron chi connectivity index (χ0n) is 19.1. The Hall–Kier alpha value is -3.41. The van der Waals surface area contributed by atoms with Gasteiger partial charge < -0.3 is 14.4 Å². The predicted octanol–water partition coefficient (Wildman–Crippen LogP) is 2.97. The van der Waals surface area contributed by atoms with Crippen LogP contribution in [0.15, 0.2) is 59.9 Å². The summed E-state index contributed by atoms with van der Waals surface area (Å²) < 4.78 is 40.4. The number of ether oxygens (including phenoxy) is 2. The van der Waals surface area contributed by atoms with Crippen LogP contribution in [0.4, 0.5) is 5.82 Å². The number of piperazine rings is 1. The molecule has 0 spiro atoms. The fraction of sp³-hybridized carbons (Fsp3) is 0.261. The van der Waals surface area contributed by atoms with Crippen molar-refractivity contribution in [3.8, 4) is 22.6 Å². The standard InChI is InChI=1S/C23H23ClN6O4S/c1-33-19-8-7-16(13-20(19)34-2)17-14-25-23-26-15-27-30(23)22(17)28-9-11-29(12-10-28)35(31,32)21-6-4-3-5-18(21)24/h3-8,13-15H,9-12H2,1-2H3. The van der Waals surface area contributed by atoms with Gasteiger partial charge in [-0.05, 0) is 29.8 Å². The Labute approximate surface area is 207 Å². The molecule has 5 rings (SSSR count). The van der Waals surface area contributed by atoms with Crippen molar-refractivity contribution < 1.29 is 17.9 Å². The second-order valence-corrected chi connectivity index (χ2v) is 10.2. The number of aromatic nitrogens is 4. The van der Waals surface area contributed by atoms with Crippen LogP contribution < -0.4 is 14.4 Å². The van der Waals surface area contributed by atoms with Gasteiger partial charge in [0, 0.05) is 37.9 Å². The summed E-state index contributed by atoms with van der Waals surface area (Å²) >= 11 is 6.18. The van der Waals surface area contributed by atoms with Crippen LogP contribution in [0.5, 0.6) is 11.5 Å². The molecule has 1 aliphatic rings. The third-order valence-corrected chi connectivity index (χ3v) is 8.37. The lowest BCUT2D eigenvalue weighted by molar-refractivity contribution is 0.355. The van der Waals surface area contributed by atoms with E-state index in [1.807, 2.05) is 18.2 Å². The van der Waals surface area contributed by atoms with Gasteiger partial charge in [0.2, 0.25) is 10.0 Å². The summed E-state index contributed by atoms with van der Waals surface area (Å²) in [4.78, 5) is 10.9. The van der Waals surface area contributed by atoms with Crippen molar-refractivity contribution >= 4 is 33.2 Å². The van der Waals surface area contributed by atoms with Gasteiger partial charge in [0.25, 0.3) is 5.78 Å². The maximum Gasteiger partial charge on any atom is 0.254 e. The smallest absolute Gasteiger partial charge is 0.254 e. The molecule has 0 bridgehead atoms. The fourth-order valence-corrected chi connectivity index (χ4v) is 6.13. The van der Waals surface area contributed by atoms with E-state index in [9.17, 15) is 8.42 Å². The summed E-state index contributed by atoms with van der Waals surface area (Å²) in [5.41, 5.74) is 1.67. The van der Waals surface area contributed by atoms with E-state index in [0.717, 1.165) is 16.9 Å². The predicted molar refractivity (Wildman–Crippen MR) is 132 cm³/mol. The minimum atomic E-state index is -3.71. The van der Waals surface area contributed by atoms with Crippen molar-refractivity contribution in [2.45, 2.75) is 4.90 Å². The normalized spacial score (nSPS) is 14.9. The summed E-state index contributed by atoms with van der Waals surface area (Å²) in [6.45, 7) is 1.47. The van der Waals surface area contributed by atoms with Crippen molar-refractivity contribution in [2.24, 2.45) is 0 Å². The number of nitrogens with zero attached hydrogens (tertiary/aromatic N) is 6. The molecule has 0 N–H and O–H groups in total. The highest BCUT2D eigenvalue weighted by atomic mass is 35.5. The van der Waals surface area contributed by atoms with E-state index in [0.29, 0.717) is 30.4 Å². The maximum atomic E-state index is 13.2. The van der Waals surface area contributed by atoms with E-state index in [-0.39, 0.29) is 23.0 Å². The second kappa shape index (κ2) is 9.33. The van der Waals surface area contributed by atoms with Crippen LogP contribution in [-0.2, 0) is 10.0 Å². The third kappa shape index (κ3) is 4.15. The number of hydrogen-bond donors (Lipinski definition) is 0. The van der Waals surface area contributed by atoms with E-state index >= 15 is 0 Å². The van der Waals surface area contributed by atoms with Gasteiger partial charge in [-0.2, -0.15) is 18.9 Å². The highest BCUT2D eigenvalue weighted by Gasteiger charge is 2.31. The molecule has 1 saturated heterocycles. The number of sulfonamides is 1. The Morgan fingerprint density at radius 1 is 0.943 bits per heavy atom. The molecule has 35 heavy (non-hydrogen) atoms. The molecule has 0 amide bonds. The molecule has 182 valence electrons. The van der Waals surface area contributed by atoms with Crippen LogP contribution in [0, 0.1) is 0 Å². The number of anilines is 1. The molecule has 0 unspecified atom stereocenters. The molecular weight excluding hydrogens is 492 g/mol. The molecule has 3 heterocycles. The zero-order chi connectivity index (χ0) is 24.6. The van der Waals surface area contributed by atoms with Gasteiger partial charge >= 0.3 is 0 Å². The van der Waals surface area contributed by atoms with Gasteiger partial charge in [0.15, 0.2) is 11.5 Å². The van der Waals surface area contributed by atoms with Crippen LogP contribution in [0.25, 0.3) is 16.9 Å². The molecular formula is C23H23ClN6O4S. The van der Waals surface area contributed by atoms with Crippen molar-refractivity contribution in [2.75, 3.05) is 45.3 Å². The number of methoxy groups -OCH3 is 2. The first kappa shape index (κ1) is 23.3. The van der Waals surface area contributed by atoms with Crippen molar-refractivity contribution in [1.29, 1.82) is 0 Å². The van der Waals surface area contributed by atoms with E-state index in [4.69, 9.17) is 21.1 Å². The van der Waals surface area contributed by atoms with Gasteiger partial charge in [-0.25, -0.2) is 13.4 Å². The molecule has 0 saturated carbocycles. The summed E-state index contributed by atoms with van der Waals surface area (Å²) in [5, 5.41) is 4.59. The van der Waals surface area contributed by atoms with Crippen LogP contribution in [0.3, 0.4) is 0 Å². The lowest BCUT2D eigenvalue weighted by Gasteiger charge is -2.36. The van der Waals surface area contributed by atoms with Gasteiger partial charge in [-0.15, -0.1) is 0 Å². The van der Waals surface area contributed by atoms with Crippen LogP contribution in [0.2, 0.25) is 5.02 Å². The van der Waals surface area contributed by atoms with E-state index in [2.05, 4.69) is 20.0 Å². The molecule has 4 aromatic rings. The largest absolute Gasteiger partial charge is 0.493 e. The summed E-state index contributed by atoms with van der Waals surface area (Å²) in [6, 6.07) is 12.1. The first-order valence-corrected chi connectivity index (χ1v) is 12.7. The Morgan fingerprint density at radius 3 is 2.40 bits per heavy atom. The molecule has 0 aliphatic carbocycles. The molecule has 0 radical (unpaired) electrons. The Morgan fingerprint density at radius 2 is 1.69 bits per heavy atom. The van der Waals surface area contributed by atoms with Crippen LogP contribution in [0.1, 0.15) is 0 Å². The fourth-order valence-electron chi connectivity index (χ4n) is 4.21. The number of halogens is 1. The topological polar surface area (TPSA) is 102 Å². The van der Waals surface area contributed by atoms with Crippen molar-refractivity contribution in [3.63, 3.8) is 0 Å². The molecule has 10 nitrogen and oxygen atoms in total. The van der Waals surface area contributed by atoms with Crippen molar-refractivity contribution in [3.05, 3.63) is 60.0 Å². The second-order valence-electron chi connectivity index (χ2n) is 7.86. The van der Waals surface area contributed by atoms with E-state index in [1.54, 1.807) is 43.1 Å². The monoisotopic (exact) mass is 514 g/mol. The Kier molecular flexibility index (Phi) is 6.22. The van der Waals surface area contributed by atoms with Crippen molar-refractivity contribution in [1.82, 2.24) is 23.9 Å². The average Bonchev–Trinajstić information content (AvgIpc) is 3.37. The first-order chi connectivity index (χ1) is 16.9. The SMILES string of the molecule is COc1ccc(-c2cnc3ncnn3c2N2CCN(S(=O)(=O)c3ccccc3Cl)CC2)cc1OC. The van der Waals surface area contributed by atoms with Gasteiger partial charge in [-0.3, -0.25) is 0 Å². The number of benzene rings is 2. The molecule has 1 fully saturated rings. The molecule has 12 heteroatoms. The first-order valence-electron chi connectivity index (χ1n) is 10.8. The average molecular weight is 515 g/mol. The zero-order valence-corrected chi connectivity index (χ0v) is 20.7. The summed E-state index contributed by atoms with van der Waals surface area (Å²) in [6.07, 6.45) is 3.19. The van der Waals surface area contributed by atoms with Crippen LogP contribution >= 0.6 is 11.6 Å². The molecule has 0 atom stereocenters. The van der Waals surface area contributed by atoms with Gasteiger partial charge in [0.1, 0.15) is 17.0 Å². The molecule has 2 aromatic heterocycles. The van der Waals surface area contributed by atoms with Gasteiger partial charge in [-0.1, -0.05) is 29.8 Å².